The first-order chi connectivity index (χ1) is 15.7. The standard InChI is InChI=1S/C27H31NO4/c1-2-30-27(29)24-18-22-12-9-13-25(32-20-21-10-5-3-6-11-21)23(22)19-26(24)31-17-16-28-14-7-4-8-15-28/h3,5-6,9-13,18-19H,2,4,7-8,14-17,20H2,1H3. The fraction of sp³-hybridized carbons (Fsp3) is 0.370. The molecule has 0 unspecified atom stereocenters. The average Bonchev–Trinajstić information content (AvgIpc) is 2.84. The van der Waals surface area contributed by atoms with E-state index in [9.17, 15) is 4.79 Å². The summed E-state index contributed by atoms with van der Waals surface area (Å²) in [6.07, 6.45) is 3.79. The van der Waals surface area contributed by atoms with Crippen LogP contribution in [0.1, 0.15) is 42.1 Å². The average molecular weight is 434 g/mol. The number of carbonyl (C=O) groups is 1. The Bertz CT molecular complexity index is 1030. The fourth-order valence-electron chi connectivity index (χ4n) is 4.09. The van der Waals surface area contributed by atoms with Gasteiger partial charge in [-0.25, -0.2) is 4.79 Å². The summed E-state index contributed by atoms with van der Waals surface area (Å²) >= 11 is 0. The number of fused-ring (bicyclic) bond motifs is 1. The molecule has 1 heterocycles. The van der Waals surface area contributed by atoms with Gasteiger partial charge in [0, 0.05) is 11.9 Å². The molecule has 168 valence electrons. The number of carbonyl (C=O) groups excluding carboxylic acids is 1. The summed E-state index contributed by atoms with van der Waals surface area (Å²) in [7, 11) is 0. The molecule has 0 bridgehead atoms. The molecule has 0 spiro atoms. The van der Waals surface area contributed by atoms with E-state index in [2.05, 4.69) is 4.90 Å². The quantitative estimate of drug-likeness (QED) is 0.419. The van der Waals surface area contributed by atoms with Crippen molar-refractivity contribution in [2.45, 2.75) is 32.8 Å². The number of ether oxygens (including phenoxy) is 3. The van der Waals surface area contributed by atoms with Gasteiger partial charge in [-0.2, -0.15) is 0 Å². The molecule has 0 aliphatic carbocycles. The molecule has 1 saturated heterocycles. The first kappa shape index (κ1) is 22.2. The SMILES string of the molecule is CCOC(=O)c1cc2cccc(OCc3ccccc3)c2cc1OCCN1CCCCC1. The topological polar surface area (TPSA) is 48.0 Å². The van der Waals surface area contributed by atoms with Crippen molar-refractivity contribution in [1.82, 2.24) is 4.90 Å². The van der Waals surface area contributed by atoms with Crippen LogP contribution in [0, 0.1) is 0 Å². The molecule has 3 aromatic rings. The zero-order valence-corrected chi connectivity index (χ0v) is 18.7. The van der Waals surface area contributed by atoms with Crippen LogP contribution in [-0.4, -0.2) is 43.7 Å². The van der Waals surface area contributed by atoms with E-state index in [1.807, 2.05) is 67.6 Å². The summed E-state index contributed by atoms with van der Waals surface area (Å²) in [6.45, 7) is 6.23. The monoisotopic (exact) mass is 433 g/mol. The van der Waals surface area contributed by atoms with E-state index in [0.29, 0.717) is 31.1 Å². The number of benzene rings is 3. The number of piperidine rings is 1. The van der Waals surface area contributed by atoms with E-state index in [4.69, 9.17) is 14.2 Å². The maximum absolute atomic E-state index is 12.6. The molecule has 1 aliphatic rings. The Hall–Kier alpha value is -3.05. The van der Waals surface area contributed by atoms with Gasteiger partial charge in [0.1, 0.15) is 30.3 Å². The molecule has 1 fully saturated rings. The van der Waals surface area contributed by atoms with Crippen LogP contribution in [0.3, 0.4) is 0 Å². The van der Waals surface area contributed by atoms with Crippen LogP contribution < -0.4 is 9.47 Å². The van der Waals surface area contributed by atoms with Crippen LogP contribution in [-0.2, 0) is 11.3 Å². The minimum absolute atomic E-state index is 0.324. The number of esters is 1. The minimum atomic E-state index is -0.363. The lowest BCUT2D eigenvalue weighted by Gasteiger charge is -2.26. The highest BCUT2D eigenvalue weighted by Crippen LogP contribution is 2.33. The van der Waals surface area contributed by atoms with Crippen molar-refractivity contribution in [2.24, 2.45) is 0 Å². The van der Waals surface area contributed by atoms with Gasteiger partial charge >= 0.3 is 5.97 Å². The first-order valence-corrected chi connectivity index (χ1v) is 11.5. The fourth-order valence-corrected chi connectivity index (χ4v) is 4.09. The van der Waals surface area contributed by atoms with Crippen molar-refractivity contribution >= 4 is 16.7 Å². The van der Waals surface area contributed by atoms with Crippen molar-refractivity contribution in [1.29, 1.82) is 0 Å². The second kappa shape index (κ2) is 11.0. The molecule has 5 heteroatoms. The third kappa shape index (κ3) is 5.60. The molecule has 3 aromatic carbocycles. The maximum Gasteiger partial charge on any atom is 0.341 e. The summed E-state index contributed by atoms with van der Waals surface area (Å²) in [5, 5.41) is 1.84. The van der Waals surface area contributed by atoms with E-state index in [0.717, 1.165) is 41.7 Å². The summed E-state index contributed by atoms with van der Waals surface area (Å²) in [5.74, 6) is 0.948. The molecule has 0 atom stereocenters. The second-order valence-corrected chi connectivity index (χ2v) is 8.07. The maximum atomic E-state index is 12.6. The Labute approximate surface area is 189 Å². The molecular formula is C27H31NO4. The lowest BCUT2D eigenvalue weighted by atomic mass is 10.0. The number of rotatable bonds is 9. The van der Waals surface area contributed by atoms with Crippen LogP contribution in [0.2, 0.25) is 0 Å². The van der Waals surface area contributed by atoms with Gasteiger partial charge in [-0.15, -0.1) is 0 Å². The largest absolute Gasteiger partial charge is 0.491 e. The van der Waals surface area contributed by atoms with Gasteiger partial charge < -0.3 is 14.2 Å². The number of hydrogen-bond acceptors (Lipinski definition) is 5. The number of nitrogens with zero attached hydrogens (tertiary/aromatic N) is 1. The molecule has 0 radical (unpaired) electrons. The predicted octanol–water partition coefficient (Wildman–Crippen LogP) is 5.46. The normalized spacial score (nSPS) is 14.3. The summed E-state index contributed by atoms with van der Waals surface area (Å²) in [5.41, 5.74) is 1.56. The van der Waals surface area contributed by atoms with E-state index in [-0.39, 0.29) is 5.97 Å². The zero-order valence-electron chi connectivity index (χ0n) is 18.7. The highest BCUT2D eigenvalue weighted by atomic mass is 16.5. The van der Waals surface area contributed by atoms with Crippen molar-refractivity contribution in [3.05, 3.63) is 71.8 Å². The van der Waals surface area contributed by atoms with Gasteiger partial charge in [-0.3, -0.25) is 4.90 Å². The van der Waals surface area contributed by atoms with Crippen LogP contribution in [0.4, 0.5) is 0 Å². The van der Waals surface area contributed by atoms with Gasteiger partial charge in [0.25, 0.3) is 0 Å². The van der Waals surface area contributed by atoms with Gasteiger partial charge in [0.15, 0.2) is 0 Å². The van der Waals surface area contributed by atoms with Gasteiger partial charge in [-0.05, 0) is 62.0 Å². The van der Waals surface area contributed by atoms with Gasteiger partial charge in [0.2, 0.25) is 0 Å². The Morgan fingerprint density at radius 1 is 0.906 bits per heavy atom. The third-order valence-electron chi connectivity index (χ3n) is 5.79. The smallest absolute Gasteiger partial charge is 0.341 e. The summed E-state index contributed by atoms with van der Waals surface area (Å²) in [6, 6.07) is 19.7. The Balaban J connectivity index is 1.57. The van der Waals surface area contributed by atoms with Crippen LogP contribution in [0.25, 0.3) is 10.8 Å². The van der Waals surface area contributed by atoms with Crippen molar-refractivity contribution in [3.63, 3.8) is 0 Å². The summed E-state index contributed by atoms with van der Waals surface area (Å²) < 4.78 is 17.6. The number of likely N-dealkylation sites (tertiary alicyclic amines) is 1. The van der Waals surface area contributed by atoms with E-state index in [1.54, 1.807) is 0 Å². The van der Waals surface area contributed by atoms with Crippen LogP contribution in [0.5, 0.6) is 11.5 Å². The molecule has 0 amide bonds. The lowest BCUT2D eigenvalue weighted by molar-refractivity contribution is 0.0521. The van der Waals surface area contributed by atoms with Crippen molar-refractivity contribution in [3.8, 4) is 11.5 Å². The van der Waals surface area contributed by atoms with Crippen LogP contribution >= 0.6 is 0 Å². The van der Waals surface area contributed by atoms with E-state index < -0.39 is 0 Å². The Kier molecular flexibility index (Phi) is 7.62. The molecule has 5 nitrogen and oxygen atoms in total. The Morgan fingerprint density at radius 3 is 2.50 bits per heavy atom. The molecule has 0 N–H and O–H groups in total. The minimum Gasteiger partial charge on any atom is -0.491 e. The first-order valence-electron chi connectivity index (χ1n) is 11.5. The molecule has 0 saturated carbocycles. The lowest BCUT2D eigenvalue weighted by Crippen LogP contribution is -2.33. The highest BCUT2D eigenvalue weighted by molar-refractivity contribution is 6.00. The molecular weight excluding hydrogens is 402 g/mol. The molecule has 4 rings (SSSR count). The van der Waals surface area contributed by atoms with Crippen molar-refractivity contribution < 1.29 is 19.0 Å². The molecule has 1 aliphatic heterocycles. The highest BCUT2D eigenvalue weighted by Gasteiger charge is 2.18. The summed E-state index contributed by atoms with van der Waals surface area (Å²) in [4.78, 5) is 15.0. The van der Waals surface area contributed by atoms with Crippen molar-refractivity contribution in [2.75, 3.05) is 32.8 Å². The Morgan fingerprint density at radius 2 is 1.72 bits per heavy atom. The third-order valence-corrected chi connectivity index (χ3v) is 5.79. The molecule has 0 aromatic heterocycles. The number of hydrogen-bond donors (Lipinski definition) is 0. The van der Waals surface area contributed by atoms with Gasteiger partial charge in [0.05, 0.1) is 6.61 Å². The van der Waals surface area contributed by atoms with Crippen LogP contribution in [0.15, 0.2) is 60.7 Å². The van der Waals surface area contributed by atoms with Gasteiger partial charge in [-0.1, -0.05) is 48.9 Å². The van der Waals surface area contributed by atoms with E-state index >= 15 is 0 Å². The zero-order chi connectivity index (χ0) is 22.2. The van der Waals surface area contributed by atoms with E-state index in [1.165, 1.54) is 19.3 Å². The molecule has 32 heavy (non-hydrogen) atoms. The predicted molar refractivity (Wildman–Crippen MR) is 126 cm³/mol. The second-order valence-electron chi connectivity index (χ2n) is 8.07.